The van der Waals surface area contributed by atoms with Gasteiger partial charge in [-0.3, -0.25) is 9.59 Å². The van der Waals surface area contributed by atoms with Crippen molar-refractivity contribution >= 4 is 11.8 Å². The van der Waals surface area contributed by atoms with Crippen LogP contribution in [0.15, 0.2) is 48.5 Å². The number of nitrogens with one attached hydrogen (secondary N) is 2. The van der Waals surface area contributed by atoms with Gasteiger partial charge in [-0.1, -0.05) is 67.8 Å². The predicted octanol–water partition coefficient (Wildman–Crippen LogP) is 2.72. The van der Waals surface area contributed by atoms with E-state index < -0.39 is 18.6 Å². The first-order valence-corrected chi connectivity index (χ1v) is 10.1. The summed E-state index contributed by atoms with van der Waals surface area (Å²) in [6.07, 6.45) is 5.34. The molecule has 5 nitrogen and oxygen atoms in total. The van der Waals surface area contributed by atoms with Crippen LogP contribution in [0.25, 0.3) is 11.1 Å². The van der Waals surface area contributed by atoms with Gasteiger partial charge in [-0.05, 0) is 35.1 Å². The first kappa shape index (κ1) is 18.7. The summed E-state index contributed by atoms with van der Waals surface area (Å²) in [5, 5.41) is 15.5. The highest BCUT2D eigenvalue weighted by Gasteiger charge is 2.35. The molecule has 1 unspecified atom stereocenters. The van der Waals surface area contributed by atoms with Gasteiger partial charge < -0.3 is 15.7 Å². The van der Waals surface area contributed by atoms with Crippen molar-refractivity contribution in [1.82, 2.24) is 10.6 Å². The summed E-state index contributed by atoms with van der Waals surface area (Å²) >= 11 is 0. The van der Waals surface area contributed by atoms with E-state index in [9.17, 15) is 14.7 Å². The number of benzene rings is 2. The molecule has 2 aromatic carbocycles. The van der Waals surface area contributed by atoms with Crippen LogP contribution in [-0.2, 0) is 9.59 Å². The minimum absolute atomic E-state index is 0.139. The smallest absolute Gasteiger partial charge is 0.245 e. The van der Waals surface area contributed by atoms with Gasteiger partial charge in [-0.15, -0.1) is 0 Å². The zero-order valence-electron chi connectivity index (χ0n) is 15.9. The highest BCUT2D eigenvalue weighted by molar-refractivity contribution is 5.98. The molecule has 0 aromatic heterocycles. The number of hydrogen-bond acceptors (Lipinski definition) is 3. The molecule has 146 valence electrons. The van der Waals surface area contributed by atoms with Crippen molar-refractivity contribution in [2.24, 2.45) is 0 Å². The molecule has 0 bridgehead atoms. The normalized spacial score (nSPS) is 17.5. The van der Waals surface area contributed by atoms with Gasteiger partial charge in [0.1, 0.15) is 6.04 Å². The van der Waals surface area contributed by atoms with Crippen molar-refractivity contribution in [3.63, 3.8) is 0 Å². The Bertz CT molecular complexity index is 828. The minimum atomic E-state index is -0.936. The fourth-order valence-electron chi connectivity index (χ4n) is 4.44. The molecule has 1 saturated carbocycles. The maximum atomic E-state index is 13.1. The Hall–Kier alpha value is -2.66. The molecule has 3 N–H and O–H groups in total. The molecule has 1 atom stereocenters. The highest BCUT2D eigenvalue weighted by atomic mass is 16.3. The van der Waals surface area contributed by atoms with E-state index >= 15 is 0 Å². The van der Waals surface area contributed by atoms with E-state index in [4.69, 9.17) is 0 Å². The van der Waals surface area contributed by atoms with Crippen LogP contribution in [0.4, 0.5) is 0 Å². The van der Waals surface area contributed by atoms with Gasteiger partial charge in [0.05, 0.1) is 12.5 Å². The maximum absolute atomic E-state index is 13.1. The van der Waals surface area contributed by atoms with Crippen LogP contribution in [0.1, 0.15) is 49.1 Å². The lowest BCUT2D eigenvalue weighted by Gasteiger charge is -2.26. The van der Waals surface area contributed by atoms with Crippen LogP contribution in [0, 0.1) is 0 Å². The Morgan fingerprint density at radius 3 is 2.07 bits per heavy atom. The second kappa shape index (κ2) is 8.15. The van der Waals surface area contributed by atoms with E-state index in [-0.39, 0.29) is 17.9 Å². The summed E-state index contributed by atoms with van der Waals surface area (Å²) < 4.78 is 0. The van der Waals surface area contributed by atoms with E-state index in [0.29, 0.717) is 0 Å². The third-order valence-corrected chi connectivity index (χ3v) is 5.86. The summed E-state index contributed by atoms with van der Waals surface area (Å²) in [4.78, 5) is 25.7. The molecule has 28 heavy (non-hydrogen) atoms. The van der Waals surface area contributed by atoms with Crippen LogP contribution in [0.3, 0.4) is 0 Å². The van der Waals surface area contributed by atoms with Crippen LogP contribution in [0.5, 0.6) is 0 Å². The Labute approximate surface area is 165 Å². The molecule has 5 heteroatoms. The van der Waals surface area contributed by atoms with E-state index in [1.807, 2.05) is 48.5 Å². The number of hydrogen-bond donors (Lipinski definition) is 3. The fourth-order valence-corrected chi connectivity index (χ4v) is 4.44. The number of rotatable bonds is 5. The molecule has 0 aliphatic heterocycles. The number of carbonyl (C=O) groups is 2. The van der Waals surface area contributed by atoms with Gasteiger partial charge in [0.15, 0.2) is 0 Å². The van der Waals surface area contributed by atoms with Crippen molar-refractivity contribution < 1.29 is 14.7 Å². The van der Waals surface area contributed by atoms with Gasteiger partial charge in [-0.25, -0.2) is 0 Å². The van der Waals surface area contributed by atoms with Gasteiger partial charge in [0, 0.05) is 6.04 Å². The number of aliphatic hydroxyl groups excluding tert-OH is 1. The SMILES string of the molecule is O=C(NC1CCCCC1)C(CO)NC(=O)C1c2ccccc2-c2ccccc21. The molecule has 0 heterocycles. The zero-order chi connectivity index (χ0) is 19.5. The van der Waals surface area contributed by atoms with Crippen molar-refractivity contribution in [3.8, 4) is 11.1 Å². The lowest BCUT2D eigenvalue weighted by atomic mass is 9.95. The summed E-state index contributed by atoms with van der Waals surface area (Å²) in [6.45, 7) is -0.416. The molecule has 2 aromatic rings. The Kier molecular flexibility index (Phi) is 5.44. The largest absolute Gasteiger partial charge is 0.394 e. The molecule has 2 amide bonds. The average Bonchev–Trinajstić information content (AvgIpc) is 3.07. The number of fused-ring (bicyclic) bond motifs is 3. The van der Waals surface area contributed by atoms with Crippen LogP contribution in [0.2, 0.25) is 0 Å². The van der Waals surface area contributed by atoms with Crippen LogP contribution < -0.4 is 10.6 Å². The van der Waals surface area contributed by atoms with Gasteiger partial charge in [0.25, 0.3) is 0 Å². The average molecular weight is 378 g/mol. The van der Waals surface area contributed by atoms with Crippen LogP contribution in [-0.4, -0.2) is 35.6 Å². The molecule has 1 fully saturated rings. The van der Waals surface area contributed by atoms with E-state index in [2.05, 4.69) is 10.6 Å². The van der Waals surface area contributed by atoms with Crippen molar-refractivity contribution in [3.05, 3.63) is 59.7 Å². The predicted molar refractivity (Wildman–Crippen MR) is 108 cm³/mol. The Balaban J connectivity index is 1.51. The Morgan fingerprint density at radius 2 is 1.50 bits per heavy atom. The lowest BCUT2D eigenvalue weighted by Crippen LogP contribution is -2.52. The fraction of sp³-hybridized carbons (Fsp3) is 0.391. The summed E-state index contributed by atoms with van der Waals surface area (Å²) in [6, 6.07) is 14.9. The second-order valence-corrected chi connectivity index (χ2v) is 7.69. The molecule has 2 aliphatic rings. The quantitative estimate of drug-likeness (QED) is 0.749. The van der Waals surface area contributed by atoms with Crippen LogP contribution >= 0.6 is 0 Å². The first-order valence-electron chi connectivity index (χ1n) is 10.1. The minimum Gasteiger partial charge on any atom is -0.394 e. The maximum Gasteiger partial charge on any atom is 0.245 e. The molecule has 2 aliphatic carbocycles. The summed E-state index contributed by atoms with van der Waals surface area (Å²) in [5.74, 6) is -1.03. The topological polar surface area (TPSA) is 78.4 Å². The molecule has 0 radical (unpaired) electrons. The Morgan fingerprint density at radius 1 is 0.929 bits per heavy atom. The third kappa shape index (κ3) is 3.54. The highest BCUT2D eigenvalue weighted by Crippen LogP contribution is 2.44. The number of amides is 2. The van der Waals surface area contributed by atoms with Gasteiger partial charge >= 0.3 is 0 Å². The van der Waals surface area contributed by atoms with E-state index in [1.165, 1.54) is 6.42 Å². The summed E-state index contributed by atoms with van der Waals surface area (Å²) in [7, 11) is 0. The molecule has 0 saturated heterocycles. The molecular formula is C23H26N2O3. The number of aliphatic hydroxyl groups is 1. The zero-order valence-corrected chi connectivity index (χ0v) is 15.9. The second-order valence-electron chi connectivity index (χ2n) is 7.69. The van der Waals surface area contributed by atoms with E-state index in [0.717, 1.165) is 47.9 Å². The monoisotopic (exact) mass is 378 g/mol. The molecule has 4 rings (SSSR count). The third-order valence-electron chi connectivity index (χ3n) is 5.86. The van der Waals surface area contributed by atoms with Crippen molar-refractivity contribution in [2.75, 3.05) is 6.61 Å². The molecular weight excluding hydrogens is 352 g/mol. The lowest BCUT2D eigenvalue weighted by molar-refractivity contribution is -0.130. The number of carbonyl (C=O) groups excluding carboxylic acids is 2. The molecule has 0 spiro atoms. The summed E-state index contributed by atoms with van der Waals surface area (Å²) in [5.41, 5.74) is 3.96. The van der Waals surface area contributed by atoms with E-state index in [1.54, 1.807) is 0 Å². The van der Waals surface area contributed by atoms with Gasteiger partial charge in [0.2, 0.25) is 11.8 Å². The first-order chi connectivity index (χ1) is 13.7. The standard InChI is InChI=1S/C23H26N2O3/c26-14-20(22(27)24-15-8-2-1-3-9-15)25-23(28)21-18-12-6-4-10-16(18)17-11-5-7-13-19(17)21/h4-7,10-13,15,20-21,26H,1-3,8-9,14H2,(H,24,27)(H,25,28). The van der Waals surface area contributed by atoms with Crippen molar-refractivity contribution in [2.45, 2.75) is 50.1 Å². The van der Waals surface area contributed by atoms with Gasteiger partial charge in [-0.2, -0.15) is 0 Å². The van der Waals surface area contributed by atoms with Crippen molar-refractivity contribution in [1.29, 1.82) is 0 Å².